The zero-order valence-electron chi connectivity index (χ0n) is 16.5. The van der Waals surface area contributed by atoms with Gasteiger partial charge in [-0.15, -0.1) is 0 Å². The summed E-state index contributed by atoms with van der Waals surface area (Å²) in [4.78, 5) is 31.0. The molecule has 1 aromatic heterocycles. The van der Waals surface area contributed by atoms with E-state index in [0.717, 1.165) is 25.0 Å². The predicted molar refractivity (Wildman–Crippen MR) is 103 cm³/mol. The van der Waals surface area contributed by atoms with E-state index in [2.05, 4.69) is 43.0 Å². The fourth-order valence-corrected chi connectivity index (χ4v) is 3.20. The van der Waals surface area contributed by atoms with Gasteiger partial charge in [0.05, 0.1) is 12.4 Å². The van der Waals surface area contributed by atoms with E-state index in [1.54, 1.807) is 12.5 Å². The molecule has 0 saturated heterocycles. The molecule has 1 heterocycles. The van der Waals surface area contributed by atoms with E-state index >= 15 is 0 Å². The van der Waals surface area contributed by atoms with E-state index < -0.39 is 6.04 Å². The molecule has 0 bridgehead atoms. The Kier molecular flexibility index (Phi) is 9.34. The van der Waals surface area contributed by atoms with Gasteiger partial charge in [-0.1, -0.05) is 27.7 Å². The number of imidazole rings is 1. The average Bonchev–Trinajstić information content (AvgIpc) is 3.02. The van der Waals surface area contributed by atoms with Gasteiger partial charge in [0.15, 0.2) is 0 Å². The number of nitrogens with one attached hydrogen (secondary N) is 2. The van der Waals surface area contributed by atoms with Gasteiger partial charge in [-0.3, -0.25) is 9.59 Å². The highest BCUT2D eigenvalue weighted by Gasteiger charge is 2.23. The van der Waals surface area contributed by atoms with Crippen molar-refractivity contribution in [3.63, 3.8) is 0 Å². The summed E-state index contributed by atoms with van der Waals surface area (Å²) < 4.78 is 0. The summed E-state index contributed by atoms with van der Waals surface area (Å²) in [5.74, 6) is 0.254. The molecule has 0 aliphatic heterocycles. The minimum atomic E-state index is -0.632. The van der Waals surface area contributed by atoms with E-state index in [9.17, 15) is 9.59 Å². The molecule has 0 aliphatic rings. The Morgan fingerprint density at radius 2 is 1.81 bits per heavy atom. The summed E-state index contributed by atoms with van der Waals surface area (Å²) in [5.41, 5.74) is 12.4. The first-order valence-corrected chi connectivity index (χ1v) is 9.51. The lowest BCUT2D eigenvalue weighted by Crippen LogP contribution is -2.47. The number of aromatic amines is 1. The lowest BCUT2D eigenvalue weighted by molar-refractivity contribution is -0.123. The van der Waals surface area contributed by atoms with Gasteiger partial charge in [-0.2, -0.15) is 0 Å². The first-order valence-electron chi connectivity index (χ1n) is 9.51. The molecule has 0 fully saturated rings. The quantitative estimate of drug-likeness (QED) is 0.450. The average molecular weight is 366 g/mol. The highest BCUT2D eigenvalue weighted by atomic mass is 16.2. The van der Waals surface area contributed by atoms with Gasteiger partial charge in [-0.05, 0) is 37.5 Å². The first-order chi connectivity index (χ1) is 12.2. The molecule has 148 valence electrons. The number of nitrogens with zero attached hydrogens (tertiary/aromatic N) is 1. The van der Waals surface area contributed by atoms with E-state index in [4.69, 9.17) is 11.5 Å². The number of nitrogens with two attached hydrogens (primary N) is 2. The Bertz CT molecular complexity index is 542. The number of primary amides is 1. The van der Waals surface area contributed by atoms with Crippen LogP contribution in [-0.4, -0.2) is 33.9 Å². The monoisotopic (exact) mass is 365 g/mol. The molecule has 1 rings (SSSR count). The third kappa shape index (κ3) is 8.47. The van der Waals surface area contributed by atoms with Crippen LogP contribution in [0.4, 0.5) is 0 Å². The number of hydrogen-bond acceptors (Lipinski definition) is 4. The van der Waals surface area contributed by atoms with E-state index in [-0.39, 0.29) is 23.8 Å². The molecule has 2 amide bonds. The Balaban J connectivity index is 2.61. The van der Waals surface area contributed by atoms with Gasteiger partial charge in [0, 0.05) is 30.3 Å². The maximum Gasteiger partial charge on any atom is 0.237 e. The standard InChI is InChI=1S/C19H35N5O2/c1-12(2)7-14(18(21)25)5-6-15(8-13(3)4)24-19(26)17(20)9-16-10-22-11-23-16/h10-15,17H,5-9,20H2,1-4H3,(H2,21,25)(H,22,23)(H,24,26)/t14-,15+,17-/m0/s1. The van der Waals surface area contributed by atoms with E-state index in [1.807, 2.05) is 0 Å². The summed E-state index contributed by atoms with van der Waals surface area (Å²) in [6.07, 6.45) is 6.68. The fraction of sp³-hybridized carbons (Fsp3) is 0.737. The number of carbonyl (C=O) groups excluding carboxylic acids is 2. The number of rotatable bonds is 12. The molecule has 0 spiro atoms. The molecule has 7 nitrogen and oxygen atoms in total. The van der Waals surface area contributed by atoms with Crippen LogP contribution in [0.25, 0.3) is 0 Å². The molecular formula is C19H35N5O2. The summed E-state index contributed by atoms with van der Waals surface area (Å²) >= 11 is 0. The zero-order valence-corrected chi connectivity index (χ0v) is 16.5. The largest absolute Gasteiger partial charge is 0.369 e. The van der Waals surface area contributed by atoms with Crippen molar-refractivity contribution >= 4 is 11.8 Å². The molecule has 0 saturated carbocycles. The third-order valence-electron chi connectivity index (χ3n) is 4.46. The summed E-state index contributed by atoms with van der Waals surface area (Å²) in [6, 6.07) is -0.642. The molecule has 3 atom stereocenters. The van der Waals surface area contributed by atoms with Gasteiger partial charge in [0.1, 0.15) is 0 Å². The van der Waals surface area contributed by atoms with Crippen LogP contribution in [0, 0.1) is 17.8 Å². The van der Waals surface area contributed by atoms with Gasteiger partial charge in [0.2, 0.25) is 11.8 Å². The van der Waals surface area contributed by atoms with Crippen molar-refractivity contribution < 1.29 is 9.59 Å². The van der Waals surface area contributed by atoms with Crippen LogP contribution >= 0.6 is 0 Å². The molecule has 0 aromatic carbocycles. The van der Waals surface area contributed by atoms with Crippen molar-refractivity contribution in [3.8, 4) is 0 Å². The SMILES string of the molecule is CC(C)C[C@@H](CC[C@@H](CC(C)C)C(N)=O)NC(=O)[C@@H](N)Cc1cnc[nH]1. The van der Waals surface area contributed by atoms with Crippen molar-refractivity contribution in [1.82, 2.24) is 15.3 Å². The number of amides is 2. The van der Waals surface area contributed by atoms with Crippen molar-refractivity contribution in [2.24, 2.45) is 29.2 Å². The Morgan fingerprint density at radius 3 is 2.31 bits per heavy atom. The van der Waals surface area contributed by atoms with Gasteiger partial charge in [0.25, 0.3) is 0 Å². The molecular weight excluding hydrogens is 330 g/mol. The lowest BCUT2D eigenvalue weighted by atomic mass is 9.89. The summed E-state index contributed by atoms with van der Waals surface area (Å²) in [5, 5.41) is 3.06. The van der Waals surface area contributed by atoms with Crippen LogP contribution in [-0.2, 0) is 16.0 Å². The second-order valence-electron chi connectivity index (χ2n) is 8.03. The number of carbonyl (C=O) groups is 2. The normalized spacial score (nSPS) is 15.0. The van der Waals surface area contributed by atoms with Crippen LogP contribution in [0.1, 0.15) is 59.1 Å². The predicted octanol–water partition coefficient (Wildman–Crippen LogP) is 1.74. The number of hydrogen-bond donors (Lipinski definition) is 4. The second-order valence-corrected chi connectivity index (χ2v) is 8.03. The zero-order chi connectivity index (χ0) is 19.7. The maximum absolute atomic E-state index is 12.5. The van der Waals surface area contributed by atoms with Crippen molar-refractivity contribution in [1.29, 1.82) is 0 Å². The smallest absolute Gasteiger partial charge is 0.237 e. The molecule has 0 radical (unpaired) electrons. The van der Waals surface area contributed by atoms with Gasteiger partial charge in [-0.25, -0.2) is 4.98 Å². The Hall–Kier alpha value is -1.89. The van der Waals surface area contributed by atoms with Crippen molar-refractivity contribution in [2.75, 3.05) is 0 Å². The lowest BCUT2D eigenvalue weighted by Gasteiger charge is -2.24. The number of aromatic nitrogens is 2. The molecule has 6 N–H and O–H groups in total. The molecule has 26 heavy (non-hydrogen) atoms. The van der Waals surface area contributed by atoms with Crippen LogP contribution in [0.5, 0.6) is 0 Å². The van der Waals surface area contributed by atoms with E-state index in [1.165, 1.54) is 0 Å². The molecule has 1 aromatic rings. The molecule has 7 heteroatoms. The second kappa shape index (κ2) is 11.0. The van der Waals surface area contributed by atoms with Gasteiger partial charge < -0.3 is 21.8 Å². The third-order valence-corrected chi connectivity index (χ3v) is 4.46. The van der Waals surface area contributed by atoms with Crippen LogP contribution in [0.2, 0.25) is 0 Å². The topological polar surface area (TPSA) is 127 Å². The van der Waals surface area contributed by atoms with Crippen molar-refractivity contribution in [2.45, 2.75) is 71.9 Å². The first kappa shape index (κ1) is 22.2. The molecule has 0 unspecified atom stereocenters. The van der Waals surface area contributed by atoms with E-state index in [0.29, 0.717) is 24.7 Å². The summed E-state index contributed by atoms with van der Waals surface area (Å²) in [7, 11) is 0. The van der Waals surface area contributed by atoms with Crippen LogP contribution < -0.4 is 16.8 Å². The maximum atomic E-state index is 12.5. The highest BCUT2D eigenvalue weighted by Crippen LogP contribution is 2.20. The minimum absolute atomic E-state index is 0.00988. The number of H-pyrrole nitrogens is 1. The van der Waals surface area contributed by atoms with Gasteiger partial charge >= 0.3 is 0 Å². The molecule has 0 aliphatic carbocycles. The fourth-order valence-electron chi connectivity index (χ4n) is 3.20. The highest BCUT2D eigenvalue weighted by molar-refractivity contribution is 5.82. The summed E-state index contributed by atoms with van der Waals surface area (Å²) in [6.45, 7) is 8.39. The van der Waals surface area contributed by atoms with Crippen molar-refractivity contribution in [3.05, 3.63) is 18.2 Å². The Labute approximate surface area is 156 Å². The van der Waals surface area contributed by atoms with Crippen LogP contribution in [0.3, 0.4) is 0 Å². The van der Waals surface area contributed by atoms with Crippen LogP contribution in [0.15, 0.2) is 12.5 Å². The minimum Gasteiger partial charge on any atom is -0.369 e. The Morgan fingerprint density at radius 1 is 1.15 bits per heavy atom.